The van der Waals surface area contributed by atoms with Crippen LogP contribution in [0, 0.1) is 13.8 Å². The molecule has 0 atom stereocenters. The molecule has 0 fully saturated rings. The van der Waals surface area contributed by atoms with Gasteiger partial charge in [-0.05, 0) is 31.5 Å². The molecule has 0 aliphatic heterocycles. The highest BCUT2D eigenvalue weighted by molar-refractivity contribution is 7.13. The van der Waals surface area contributed by atoms with E-state index in [9.17, 15) is 4.79 Å². The highest BCUT2D eigenvalue weighted by atomic mass is 32.1. The van der Waals surface area contributed by atoms with Gasteiger partial charge in [-0.2, -0.15) is 0 Å². The van der Waals surface area contributed by atoms with Gasteiger partial charge >= 0.3 is 0 Å². The topological polar surface area (TPSA) is 42.4 Å². The van der Waals surface area contributed by atoms with Gasteiger partial charge in [0.1, 0.15) is 17.2 Å². The van der Waals surface area contributed by atoms with Crippen LogP contribution in [0.25, 0.3) is 0 Å². The van der Waals surface area contributed by atoms with Crippen LogP contribution >= 0.6 is 11.3 Å². The van der Waals surface area contributed by atoms with E-state index in [1.807, 2.05) is 56.3 Å². The van der Waals surface area contributed by atoms with Crippen LogP contribution in [-0.2, 0) is 6.42 Å². The van der Waals surface area contributed by atoms with Gasteiger partial charge in [-0.25, -0.2) is 4.98 Å². The number of likely N-dealkylation sites (N-methyl/N-ethyl adjacent to an activating group) is 1. The number of aromatic nitrogens is 1. The summed E-state index contributed by atoms with van der Waals surface area (Å²) in [5.41, 5.74) is 3.19. The van der Waals surface area contributed by atoms with Gasteiger partial charge in [0.05, 0.1) is 17.2 Å². The lowest BCUT2D eigenvalue weighted by Crippen LogP contribution is -2.30. The largest absolute Gasteiger partial charge is 0.492 e. The Labute approximate surface area is 164 Å². The SMILES string of the molecule is Cc1ccc(OCCN(C)C(=O)c2sc(Cc3ccccc3)nc2C)cc1. The first-order valence-corrected chi connectivity index (χ1v) is 9.80. The molecule has 1 aromatic heterocycles. The van der Waals surface area contributed by atoms with Crippen molar-refractivity contribution in [3.8, 4) is 5.75 Å². The van der Waals surface area contributed by atoms with Gasteiger partial charge in [0.25, 0.3) is 5.91 Å². The highest BCUT2D eigenvalue weighted by Gasteiger charge is 2.19. The highest BCUT2D eigenvalue weighted by Crippen LogP contribution is 2.22. The fourth-order valence-corrected chi connectivity index (χ4v) is 3.80. The number of carbonyl (C=O) groups excluding carboxylic acids is 1. The van der Waals surface area contributed by atoms with Crippen LogP contribution in [0.3, 0.4) is 0 Å². The third-order valence-corrected chi connectivity index (χ3v) is 5.44. The lowest BCUT2D eigenvalue weighted by molar-refractivity contribution is 0.0777. The van der Waals surface area contributed by atoms with Gasteiger partial charge in [-0.3, -0.25) is 4.79 Å². The third kappa shape index (κ3) is 5.17. The van der Waals surface area contributed by atoms with E-state index in [2.05, 4.69) is 17.1 Å². The summed E-state index contributed by atoms with van der Waals surface area (Å²) in [5, 5.41) is 0.964. The smallest absolute Gasteiger partial charge is 0.265 e. The predicted molar refractivity (Wildman–Crippen MR) is 110 cm³/mol. The Morgan fingerprint density at radius 3 is 2.48 bits per heavy atom. The molecule has 2 aromatic carbocycles. The number of amides is 1. The fraction of sp³-hybridized carbons (Fsp3) is 0.273. The summed E-state index contributed by atoms with van der Waals surface area (Å²) in [5.74, 6) is 0.817. The first kappa shape index (κ1) is 19.1. The van der Waals surface area contributed by atoms with Crippen molar-refractivity contribution in [2.75, 3.05) is 20.2 Å². The van der Waals surface area contributed by atoms with E-state index in [0.29, 0.717) is 18.0 Å². The molecule has 3 rings (SSSR count). The number of rotatable bonds is 7. The van der Waals surface area contributed by atoms with Crippen molar-refractivity contribution in [1.82, 2.24) is 9.88 Å². The first-order valence-electron chi connectivity index (χ1n) is 8.98. The first-order chi connectivity index (χ1) is 13.0. The van der Waals surface area contributed by atoms with Gasteiger partial charge < -0.3 is 9.64 Å². The van der Waals surface area contributed by atoms with Crippen LogP contribution in [0.4, 0.5) is 0 Å². The van der Waals surface area contributed by atoms with Crippen molar-refractivity contribution >= 4 is 17.2 Å². The molecule has 0 radical (unpaired) electrons. The second-order valence-electron chi connectivity index (χ2n) is 6.57. The molecular formula is C22H24N2O2S. The maximum Gasteiger partial charge on any atom is 0.265 e. The molecule has 0 aliphatic rings. The minimum absolute atomic E-state index is 0.00295. The fourth-order valence-electron chi connectivity index (χ4n) is 2.71. The van der Waals surface area contributed by atoms with Crippen molar-refractivity contribution in [3.05, 3.63) is 81.3 Å². The van der Waals surface area contributed by atoms with Gasteiger partial charge in [0.2, 0.25) is 0 Å². The van der Waals surface area contributed by atoms with Crippen LogP contribution in [0.2, 0.25) is 0 Å². The molecule has 4 nitrogen and oxygen atoms in total. The molecule has 0 spiro atoms. The minimum Gasteiger partial charge on any atom is -0.492 e. The summed E-state index contributed by atoms with van der Waals surface area (Å²) in [6, 6.07) is 18.1. The molecular weight excluding hydrogens is 356 g/mol. The van der Waals surface area contributed by atoms with Gasteiger partial charge in [-0.15, -0.1) is 11.3 Å². The van der Waals surface area contributed by atoms with Crippen LogP contribution < -0.4 is 4.74 Å². The Balaban J connectivity index is 1.57. The Kier molecular flexibility index (Phi) is 6.24. The Morgan fingerprint density at radius 2 is 1.78 bits per heavy atom. The normalized spacial score (nSPS) is 10.6. The van der Waals surface area contributed by atoms with Crippen LogP contribution in [0.1, 0.15) is 31.5 Å². The summed E-state index contributed by atoms with van der Waals surface area (Å²) in [6.07, 6.45) is 0.750. The second-order valence-corrected chi connectivity index (χ2v) is 7.66. The van der Waals surface area contributed by atoms with Crippen molar-refractivity contribution in [3.63, 3.8) is 0 Å². The zero-order chi connectivity index (χ0) is 19.2. The van der Waals surface area contributed by atoms with Crippen LogP contribution in [-0.4, -0.2) is 36.0 Å². The number of carbonyl (C=O) groups is 1. The van der Waals surface area contributed by atoms with E-state index >= 15 is 0 Å². The molecule has 0 bridgehead atoms. The molecule has 3 aromatic rings. The van der Waals surface area contributed by atoms with Crippen LogP contribution in [0.5, 0.6) is 5.75 Å². The minimum atomic E-state index is -0.00295. The van der Waals surface area contributed by atoms with Crippen molar-refractivity contribution in [1.29, 1.82) is 0 Å². The van der Waals surface area contributed by atoms with E-state index in [-0.39, 0.29) is 5.91 Å². The molecule has 0 unspecified atom stereocenters. The predicted octanol–water partition coefficient (Wildman–Crippen LogP) is 4.50. The number of aryl methyl sites for hydroxylation is 2. The molecule has 1 amide bonds. The number of ether oxygens (including phenoxy) is 1. The molecule has 0 saturated heterocycles. The number of nitrogens with zero attached hydrogens (tertiary/aromatic N) is 2. The summed E-state index contributed by atoms with van der Waals surface area (Å²) < 4.78 is 5.73. The zero-order valence-corrected chi connectivity index (χ0v) is 16.8. The van der Waals surface area contributed by atoms with Gasteiger partial charge in [0, 0.05) is 13.5 Å². The molecule has 140 valence electrons. The Morgan fingerprint density at radius 1 is 1.07 bits per heavy atom. The van der Waals surface area contributed by atoms with Gasteiger partial charge in [0.15, 0.2) is 0 Å². The standard InChI is InChI=1S/C22H24N2O2S/c1-16-9-11-19(12-10-16)26-14-13-24(3)22(25)21-17(2)23-20(27-21)15-18-7-5-4-6-8-18/h4-12H,13-15H2,1-3H3. The van der Waals surface area contributed by atoms with E-state index in [0.717, 1.165) is 22.9 Å². The van der Waals surface area contributed by atoms with E-state index in [1.165, 1.54) is 22.5 Å². The van der Waals surface area contributed by atoms with Gasteiger partial charge in [-0.1, -0.05) is 48.0 Å². The lowest BCUT2D eigenvalue weighted by Gasteiger charge is -2.17. The average Bonchev–Trinajstić information content (AvgIpc) is 3.03. The Bertz CT molecular complexity index is 888. The maximum absolute atomic E-state index is 12.8. The van der Waals surface area contributed by atoms with E-state index in [1.54, 1.807) is 11.9 Å². The number of thiazole rings is 1. The van der Waals surface area contributed by atoms with E-state index < -0.39 is 0 Å². The van der Waals surface area contributed by atoms with Crippen molar-refractivity contribution in [2.45, 2.75) is 20.3 Å². The summed E-state index contributed by atoms with van der Waals surface area (Å²) in [4.78, 5) is 19.7. The number of benzene rings is 2. The molecule has 5 heteroatoms. The Hall–Kier alpha value is -2.66. The molecule has 1 heterocycles. The summed E-state index contributed by atoms with van der Waals surface area (Å²) in [6.45, 7) is 4.92. The zero-order valence-electron chi connectivity index (χ0n) is 15.9. The second kappa shape index (κ2) is 8.82. The lowest BCUT2D eigenvalue weighted by atomic mass is 10.2. The molecule has 0 N–H and O–H groups in total. The molecule has 0 aliphatic carbocycles. The molecule has 0 saturated carbocycles. The summed E-state index contributed by atoms with van der Waals surface area (Å²) in [7, 11) is 1.80. The van der Waals surface area contributed by atoms with E-state index in [4.69, 9.17) is 4.74 Å². The third-order valence-electron chi connectivity index (χ3n) is 4.30. The average molecular weight is 381 g/mol. The van der Waals surface area contributed by atoms with Crippen LogP contribution in [0.15, 0.2) is 54.6 Å². The summed E-state index contributed by atoms with van der Waals surface area (Å²) >= 11 is 1.48. The number of hydrogen-bond donors (Lipinski definition) is 0. The quantitative estimate of drug-likeness (QED) is 0.606. The number of hydrogen-bond acceptors (Lipinski definition) is 4. The monoisotopic (exact) mass is 380 g/mol. The maximum atomic E-state index is 12.8. The molecule has 27 heavy (non-hydrogen) atoms. The van der Waals surface area contributed by atoms with Crippen molar-refractivity contribution < 1.29 is 9.53 Å². The van der Waals surface area contributed by atoms with Crippen molar-refractivity contribution in [2.24, 2.45) is 0 Å².